The van der Waals surface area contributed by atoms with E-state index in [2.05, 4.69) is 34.7 Å². The van der Waals surface area contributed by atoms with E-state index in [1.165, 1.54) is 7.11 Å². The molecule has 1 fully saturated rings. The molecule has 9 atom stereocenters. The van der Waals surface area contributed by atoms with Crippen LogP contribution in [0.5, 0.6) is 0 Å². The van der Waals surface area contributed by atoms with Crippen LogP contribution in [-0.4, -0.2) is 146 Å². The fourth-order valence-corrected chi connectivity index (χ4v) is 8.66. The Morgan fingerprint density at radius 3 is 2.07 bits per heavy atom. The molecule has 0 spiro atoms. The topological polar surface area (TPSA) is 170 Å². The third kappa shape index (κ3) is 15.4. The van der Waals surface area contributed by atoms with Crippen molar-refractivity contribution >= 4 is 29.6 Å². The van der Waals surface area contributed by atoms with Crippen molar-refractivity contribution in [1.82, 2.24) is 30.7 Å². The number of carboxylic acids is 1. The second-order valence-corrected chi connectivity index (χ2v) is 17.9. The van der Waals surface area contributed by atoms with Gasteiger partial charge in [0.25, 0.3) is 0 Å². The minimum absolute atomic E-state index is 0.0135. The molecule has 60 heavy (non-hydrogen) atoms. The summed E-state index contributed by atoms with van der Waals surface area (Å²) >= 11 is 0. The van der Waals surface area contributed by atoms with Crippen LogP contribution in [-0.2, 0) is 39.9 Å². The molecule has 0 aliphatic carbocycles. The minimum Gasteiger partial charge on any atom is -0.480 e. The Labute approximate surface area is 361 Å². The van der Waals surface area contributed by atoms with E-state index < -0.39 is 60.2 Å². The molecule has 0 unspecified atom stereocenters. The number of likely N-dealkylation sites (N-methyl/N-ethyl adjacent to an activating group) is 2. The number of aliphatic carboxylic acids is 1. The minimum atomic E-state index is -1.14. The number of hydrogen-bond acceptors (Lipinski definition) is 9. The van der Waals surface area contributed by atoms with E-state index in [0.717, 1.165) is 31.5 Å². The Kier molecular flexibility index (Phi) is 22.8. The molecule has 0 bridgehead atoms. The van der Waals surface area contributed by atoms with Crippen molar-refractivity contribution in [3.05, 3.63) is 35.9 Å². The molecule has 1 aliphatic heterocycles. The maximum atomic E-state index is 14.5. The van der Waals surface area contributed by atoms with Crippen LogP contribution in [0.2, 0.25) is 0 Å². The van der Waals surface area contributed by atoms with Crippen molar-refractivity contribution in [1.29, 1.82) is 0 Å². The van der Waals surface area contributed by atoms with Gasteiger partial charge in [-0.3, -0.25) is 24.1 Å². The van der Waals surface area contributed by atoms with Gasteiger partial charge in [0.1, 0.15) is 12.1 Å². The fraction of sp³-hybridized carbons (Fsp3) is 0.761. The number of amides is 4. The quantitative estimate of drug-likeness (QED) is 0.0920. The molecule has 0 saturated carbocycles. The summed E-state index contributed by atoms with van der Waals surface area (Å²) in [5, 5.41) is 19.2. The zero-order valence-electron chi connectivity index (χ0n) is 39.0. The summed E-state index contributed by atoms with van der Waals surface area (Å²) in [5.74, 6) is -3.21. The maximum Gasteiger partial charge on any atom is 0.326 e. The summed E-state index contributed by atoms with van der Waals surface area (Å²) in [6.45, 7) is 20.1. The summed E-state index contributed by atoms with van der Waals surface area (Å²) in [7, 11) is 6.75. The zero-order chi connectivity index (χ0) is 45.3. The van der Waals surface area contributed by atoms with Gasteiger partial charge >= 0.3 is 5.97 Å². The van der Waals surface area contributed by atoms with Crippen LogP contribution in [0.15, 0.2) is 30.3 Å². The number of nitrogens with zero attached hydrogens (tertiary/aromatic N) is 3. The lowest BCUT2D eigenvalue weighted by Gasteiger charge is -2.41. The van der Waals surface area contributed by atoms with Crippen LogP contribution < -0.4 is 16.0 Å². The molecule has 2 rings (SSSR count). The number of carbonyl (C=O) groups excluding carboxylic acids is 4. The van der Waals surface area contributed by atoms with Gasteiger partial charge in [0, 0.05) is 40.3 Å². The van der Waals surface area contributed by atoms with Gasteiger partial charge in [-0.1, -0.05) is 99.1 Å². The fourth-order valence-electron chi connectivity index (χ4n) is 8.66. The number of unbranched alkanes of at least 4 members (excludes halogenated alkanes) is 1. The van der Waals surface area contributed by atoms with Crippen LogP contribution >= 0.6 is 0 Å². The van der Waals surface area contributed by atoms with Crippen molar-refractivity contribution < 1.29 is 38.6 Å². The van der Waals surface area contributed by atoms with E-state index in [4.69, 9.17) is 9.47 Å². The lowest BCUT2D eigenvalue weighted by atomic mass is 9.89. The van der Waals surface area contributed by atoms with Crippen molar-refractivity contribution in [2.45, 2.75) is 156 Å². The molecule has 14 nitrogen and oxygen atoms in total. The lowest BCUT2D eigenvalue weighted by molar-refractivity contribution is -0.148. The Balaban J connectivity index is 2.24. The maximum absolute atomic E-state index is 14.5. The van der Waals surface area contributed by atoms with E-state index in [1.54, 1.807) is 30.9 Å². The number of rotatable bonds is 27. The molecule has 4 amide bonds. The molecule has 14 heteroatoms. The predicted octanol–water partition coefficient (Wildman–Crippen LogP) is 4.59. The van der Waals surface area contributed by atoms with Gasteiger partial charge in [0.2, 0.25) is 23.6 Å². The Morgan fingerprint density at radius 1 is 0.883 bits per heavy atom. The van der Waals surface area contributed by atoms with Crippen LogP contribution in [0.25, 0.3) is 0 Å². The van der Waals surface area contributed by atoms with Crippen molar-refractivity contribution in [3.8, 4) is 0 Å². The largest absolute Gasteiger partial charge is 0.480 e. The van der Waals surface area contributed by atoms with Gasteiger partial charge in [-0.15, -0.1) is 0 Å². The van der Waals surface area contributed by atoms with E-state index in [-0.39, 0.29) is 48.3 Å². The molecular weight excluding hydrogens is 765 g/mol. The first-order chi connectivity index (χ1) is 28.3. The number of methoxy groups -OCH3 is 2. The lowest BCUT2D eigenvalue weighted by Crippen LogP contribution is -2.60. The SMILES string of the molecule is CC[C@H](C)[C@@H]([C@@H](CC(=O)N1CCC[C@H]1[C@H](OC)[C@@H](C)C(=O)N[C@@H](Cc1ccccc1)C(=O)O)OC)N(C)C(=O)[C@@H](NC(=O)[C@H](C(C)C)N(C)CCCCNC(C)C)C(C)C. The Hall–Kier alpha value is -3.59. The molecular formula is C46H80N6O8. The first-order valence-corrected chi connectivity index (χ1v) is 22.2. The molecule has 1 aromatic carbocycles. The molecule has 0 radical (unpaired) electrons. The van der Waals surface area contributed by atoms with E-state index in [9.17, 15) is 29.1 Å². The highest BCUT2D eigenvalue weighted by Crippen LogP contribution is 2.30. The Morgan fingerprint density at radius 2 is 1.53 bits per heavy atom. The van der Waals surface area contributed by atoms with Crippen molar-refractivity contribution in [3.63, 3.8) is 0 Å². The standard InChI is InChI=1S/C46H80N6O8/c1-14-32(8)41(51(11)45(56)39(29(2)3)49-44(55)40(30(4)5)50(10)25-19-18-24-47-31(6)7)37(59-12)28-38(53)52-26-20-23-36(52)42(60-13)33(9)43(54)48-35(46(57)58)27-34-21-16-15-17-22-34/h15-17,21-22,29-33,35-37,39-42,47H,14,18-20,23-28H2,1-13H3,(H,48,54)(H,49,55)(H,57,58)/t32-,33+,35-,36-,37+,39-,40-,41-,42+/m0/s1. The average Bonchev–Trinajstić information content (AvgIpc) is 3.68. The number of carbonyl (C=O) groups is 5. The molecule has 1 aromatic rings. The van der Waals surface area contributed by atoms with Gasteiger partial charge in [0.15, 0.2) is 0 Å². The third-order valence-corrected chi connectivity index (χ3v) is 12.3. The number of nitrogens with one attached hydrogen (secondary N) is 3. The highest BCUT2D eigenvalue weighted by molar-refractivity contribution is 5.90. The van der Waals surface area contributed by atoms with Gasteiger partial charge in [0.05, 0.1) is 42.7 Å². The monoisotopic (exact) mass is 845 g/mol. The van der Waals surface area contributed by atoms with E-state index in [1.807, 2.05) is 78.9 Å². The Bertz CT molecular complexity index is 1480. The van der Waals surface area contributed by atoms with Gasteiger partial charge in [-0.05, 0) is 69.1 Å². The molecule has 1 aliphatic rings. The van der Waals surface area contributed by atoms with Crippen LogP contribution in [0.4, 0.5) is 0 Å². The first-order valence-electron chi connectivity index (χ1n) is 22.2. The summed E-state index contributed by atoms with van der Waals surface area (Å²) < 4.78 is 12.0. The summed E-state index contributed by atoms with van der Waals surface area (Å²) in [4.78, 5) is 74.0. The second-order valence-electron chi connectivity index (χ2n) is 17.9. The predicted molar refractivity (Wildman–Crippen MR) is 236 cm³/mol. The summed E-state index contributed by atoms with van der Waals surface area (Å²) in [5.41, 5.74) is 0.786. The van der Waals surface area contributed by atoms with Crippen molar-refractivity contribution in [2.75, 3.05) is 47.9 Å². The number of ether oxygens (including phenoxy) is 2. The van der Waals surface area contributed by atoms with Gasteiger partial charge < -0.3 is 40.3 Å². The summed E-state index contributed by atoms with van der Waals surface area (Å²) in [6, 6.07) is 6.29. The smallest absolute Gasteiger partial charge is 0.326 e. The van der Waals surface area contributed by atoms with Crippen LogP contribution in [0.3, 0.4) is 0 Å². The van der Waals surface area contributed by atoms with Crippen LogP contribution in [0, 0.1) is 23.7 Å². The molecule has 4 N–H and O–H groups in total. The number of likely N-dealkylation sites (tertiary alicyclic amines) is 1. The normalized spacial score (nSPS) is 18.5. The van der Waals surface area contributed by atoms with Gasteiger partial charge in [-0.25, -0.2) is 4.79 Å². The molecule has 0 aromatic heterocycles. The van der Waals surface area contributed by atoms with E-state index >= 15 is 0 Å². The zero-order valence-corrected chi connectivity index (χ0v) is 39.0. The molecule has 1 heterocycles. The highest BCUT2D eigenvalue weighted by atomic mass is 16.5. The highest BCUT2D eigenvalue weighted by Gasteiger charge is 2.43. The average molecular weight is 845 g/mol. The number of carboxylic acid groups (broad SMARTS) is 1. The first kappa shape index (κ1) is 52.5. The second kappa shape index (κ2) is 26.0. The van der Waals surface area contributed by atoms with Crippen molar-refractivity contribution in [2.24, 2.45) is 23.7 Å². The van der Waals surface area contributed by atoms with Crippen LogP contribution in [0.1, 0.15) is 106 Å². The molecule has 342 valence electrons. The number of hydrogen-bond donors (Lipinski definition) is 4. The van der Waals surface area contributed by atoms with E-state index in [0.29, 0.717) is 31.8 Å². The summed E-state index contributed by atoms with van der Waals surface area (Å²) in [6.07, 6.45) is 2.73. The molecule has 1 saturated heterocycles. The van der Waals surface area contributed by atoms with Gasteiger partial charge in [-0.2, -0.15) is 0 Å². The third-order valence-electron chi connectivity index (χ3n) is 12.3. The number of benzene rings is 1.